The molecule has 0 aliphatic heterocycles. The van der Waals surface area contributed by atoms with Gasteiger partial charge in [0.1, 0.15) is 4.60 Å². The molecule has 0 bridgehead atoms. The van der Waals surface area contributed by atoms with Crippen molar-refractivity contribution in [1.82, 2.24) is 14.4 Å². The number of esters is 1. The zero-order valence-electron chi connectivity index (χ0n) is 8.85. The summed E-state index contributed by atoms with van der Waals surface area (Å²) in [6, 6.07) is 0. The molecule has 5 nitrogen and oxygen atoms in total. The van der Waals surface area contributed by atoms with E-state index in [1.165, 1.54) is 0 Å². The summed E-state index contributed by atoms with van der Waals surface area (Å²) in [5.74, 6) is -0.425. The number of hydrogen-bond donors (Lipinski definition) is 0. The first-order chi connectivity index (χ1) is 7.58. The maximum absolute atomic E-state index is 11.6. The predicted octanol–water partition coefficient (Wildman–Crippen LogP) is 2.06. The van der Waals surface area contributed by atoms with Gasteiger partial charge in [-0.3, -0.25) is 0 Å². The zero-order valence-corrected chi connectivity index (χ0v) is 10.4. The van der Waals surface area contributed by atoms with Crippen molar-refractivity contribution in [2.75, 3.05) is 0 Å². The lowest BCUT2D eigenvalue weighted by Crippen LogP contribution is -2.11. The lowest BCUT2D eigenvalue weighted by Gasteiger charge is -2.04. The first-order valence-electron chi connectivity index (χ1n) is 4.78. The molecule has 6 heteroatoms. The topological polar surface area (TPSA) is 56.5 Å². The van der Waals surface area contributed by atoms with Gasteiger partial charge >= 0.3 is 5.97 Å². The Hall–Kier alpha value is -1.43. The lowest BCUT2D eigenvalue weighted by atomic mass is 10.4. The smallest absolute Gasteiger partial charge is 0.358 e. The number of hydrogen-bond acceptors (Lipinski definition) is 4. The Bertz CT molecular complexity index is 536. The molecule has 2 aromatic heterocycles. The van der Waals surface area contributed by atoms with Gasteiger partial charge in [0, 0.05) is 18.6 Å². The molecule has 16 heavy (non-hydrogen) atoms. The molecule has 0 atom stereocenters. The third kappa shape index (κ3) is 2.06. The normalized spacial score (nSPS) is 11.0. The molecule has 0 amide bonds. The SMILES string of the molecule is CC(C)OC(=O)c1cn2ccnc(Br)c2n1. The highest BCUT2D eigenvalue weighted by Gasteiger charge is 2.14. The first-order valence-corrected chi connectivity index (χ1v) is 5.57. The van der Waals surface area contributed by atoms with Gasteiger partial charge in [0.25, 0.3) is 0 Å². The summed E-state index contributed by atoms with van der Waals surface area (Å²) in [5.41, 5.74) is 0.876. The van der Waals surface area contributed by atoms with Crippen LogP contribution in [0.4, 0.5) is 0 Å². The Morgan fingerprint density at radius 2 is 2.31 bits per heavy atom. The molecule has 0 fully saturated rings. The standard InChI is InChI=1S/C10H10BrN3O2/c1-6(2)16-10(15)7-5-14-4-3-12-8(11)9(14)13-7/h3-6H,1-2H3. The van der Waals surface area contributed by atoms with E-state index >= 15 is 0 Å². The van der Waals surface area contributed by atoms with E-state index in [0.717, 1.165) is 0 Å². The van der Waals surface area contributed by atoms with E-state index in [1.807, 2.05) is 0 Å². The number of carbonyl (C=O) groups is 1. The minimum Gasteiger partial charge on any atom is -0.458 e. The van der Waals surface area contributed by atoms with Crippen molar-refractivity contribution >= 4 is 27.5 Å². The van der Waals surface area contributed by atoms with Gasteiger partial charge in [-0.25, -0.2) is 14.8 Å². The van der Waals surface area contributed by atoms with E-state index in [2.05, 4.69) is 25.9 Å². The molecule has 0 saturated carbocycles. The molecule has 0 radical (unpaired) electrons. The zero-order chi connectivity index (χ0) is 11.7. The van der Waals surface area contributed by atoms with Gasteiger partial charge in [-0.15, -0.1) is 0 Å². The number of aromatic nitrogens is 3. The van der Waals surface area contributed by atoms with E-state index in [0.29, 0.717) is 10.3 Å². The van der Waals surface area contributed by atoms with Gasteiger partial charge in [-0.1, -0.05) is 0 Å². The highest BCUT2D eigenvalue weighted by Crippen LogP contribution is 2.14. The second-order valence-electron chi connectivity index (χ2n) is 3.53. The number of imidazole rings is 1. The van der Waals surface area contributed by atoms with Gasteiger partial charge in [0.15, 0.2) is 11.3 Å². The van der Waals surface area contributed by atoms with Gasteiger partial charge in [0.2, 0.25) is 0 Å². The summed E-state index contributed by atoms with van der Waals surface area (Å²) < 4.78 is 7.37. The van der Waals surface area contributed by atoms with Crippen LogP contribution in [-0.2, 0) is 4.74 Å². The van der Waals surface area contributed by atoms with E-state index in [1.54, 1.807) is 36.8 Å². The molecule has 0 spiro atoms. The van der Waals surface area contributed by atoms with Crippen molar-refractivity contribution in [3.8, 4) is 0 Å². The second-order valence-corrected chi connectivity index (χ2v) is 4.28. The summed E-state index contributed by atoms with van der Waals surface area (Å²) in [7, 11) is 0. The first kappa shape index (κ1) is 11.1. The Balaban J connectivity index is 2.40. The third-order valence-electron chi connectivity index (χ3n) is 1.88. The van der Waals surface area contributed by atoms with Crippen LogP contribution in [0.1, 0.15) is 24.3 Å². The van der Waals surface area contributed by atoms with E-state index < -0.39 is 5.97 Å². The minimum atomic E-state index is -0.425. The van der Waals surface area contributed by atoms with Crippen molar-refractivity contribution in [2.45, 2.75) is 20.0 Å². The molecule has 0 N–H and O–H groups in total. The summed E-state index contributed by atoms with van der Waals surface area (Å²) in [6.45, 7) is 3.59. The molecule has 0 aromatic carbocycles. The molecule has 84 valence electrons. The number of halogens is 1. The molecule has 0 aliphatic carbocycles. The number of carbonyl (C=O) groups excluding carboxylic acids is 1. The van der Waals surface area contributed by atoms with Gasteiger partial charge in [-0.05, 0) is 29.8 Å². The summed E-state index contributed by atoms with van der Waals surface area (Å²) in [4.78, 5) is 19.8. The number of rotatable bonds is 2. The number of nitrogens with zero attached hydrogens (tertiary/aromatic N) is 3. The monoisotopic (exact) mass is 283 g/mol. The minimum absolute atomic E-state index is 0.154. The molecule has 2 heterocycles. The quantitative estimate of drug-likeness (QED) is 0.792. The fourth-order valence-corrected chi connectivity index (χ4v) is 1.67. The van der Waals surface area contributed by atoms with Crippen LogP contribution in [0.2, 0.25) is 0 Å². The maximum Gasteiger partial charge on any atom is 0.358 e. The largest absolute Gasteiger partial charge is 0.458 e. The van der Waals surface area contributed by atoms with Gasteiger partial charge < -0.3 is 9.14 Å². The van der Waals surface area contributed by atoms with Crippen LogP contribution >= 0.6 is 15.9 Å². The fourth-order valence-electron chi connectivity index (χ4n) is 1.26. The van der Waals surface area contributed by atoms with Crippen LogP contribution in [0.5, 0.6) is 0 Å². The maximum atomic E-state index is 11.6. The van der Waals surface area contributed by atoms with Crippen molar-refractivity contribution < 1.29 is 9.53 Å². The number of fused-ring (bicyclic) bond motifs is 1. The van der Waals surface area contributed by atoms with E-state index in [-0.39, 0.29) is 11.8 Å². The van der Waals surface area contributed by atoms with Crippen molar-refractivity contribution in [3.05, 3.63) is 28.9 Å². The Morgan fingerprint density at radius 3 is 2.94 bits per heavy atom. The van der Waals surface area contributed by atoms with E-state index in [9.17, 15) is 4.79 Å². The van der Waals surface area contributed by atoms with Crippen LogP contribution < -0.4 is 0 Å². The summed E-state index contributed by atoms with van der Waals surface area (Å²) in [5, 5.41) is 0. The second kappa shape index (κ2) is 4.21. The van der Waals surface area contributed by atoms with Crippen LogP contribution in [0.25, 0.3) is 5.65 Å². The average Bonchev–Trinajstić information content (AvgIpc) is 2.61. The van der Waals surface area contributed by atoms with Crippen LogP contribution in [0.15, 0.2) is 23.2 Å². The molecule has 0 aliphatic rings. The third-order valence-corrected chi connectivity index (χ3v) is 2.44. The molecule has 0 saturated heterocycles. The van der Waals surface area contributed by atoms with Crippen LogP contribution in [0.3, 0.4) is 0 Å². The van der Waals surface area contributed by atoms with Gasteiger partial charge in [0.05, 0.1) is 6.10 Å². The van der Waals surface area contributed by atoms with Gasteiger partial charge in [-0.2, -0.15) is 0 Å². The summed E-state index contributed by atoms with van der Waals surface area (Å²) in [6.07, 6.45) is 4.81. The van der Waals surface area contributed by atoms with Crippen LogP contribution in [0, 0.1) is 0 Å². The Morgan fingerprint density at radius 1 is 1.56 bits per heavy atom. The number of ether oxygens (including phenoxy) is 1. The predicted molar refractivity (Wildman–Crippen MR) is 61.2 cm³/mol. The van der Waals surface area contributed by atoms with Crippen molar-refractivity contribution in [1.29, 1.82) is 0 Å². The van der Waals surface area contributed by atoms with Crippen molar-refractivity contribution in [2.24, 2.45) is 0 Å². The van der Waals surface area contributed by atoms with Crippen LogP contribution in [-0.4, -0.2) is 26.4 Å². The summed E-state index contributed by atoms with van der Waals surface area (Å²) >= 11 is 3.26. The van der Waals surface area contributed by atoms with E-state index in [4.69, 9.17) is 4.74 Å². The van der Waals surface area contributed by atoms with Crippen molar-refractivity contribution in [3.63, 3.8) is 0 Å². The highest BCUT2D eigenvalue weighted by molar-refractivity contribution is 9.10. The molecular formula is C10H10BrN3O2. The highest BCUT2D eigenvalue weighted by atomic mass is 79.9. The molecule has 2 rings (SSSR count). The fraction of sp³-hybridized carbons (Fsp3) is 0.300. The Labute approximate surface area is 101 Å². The average molecular weight is 284 g/mol. The lowest BCUT2D eigenvalue weighted by molar-refractivity contribution is 0.0371. The Kier molecular flexibility index (Phi) is 2.91. The molecule has 0 unspecified atom stereocenters. The molecular weight excluding hydrogens is 274 g/mol. The molecule has 2 aromatic rings.